The van der Waals surface area contributed by atoms with Crippen LogP contribution in [0.3, 0.4) is 0 Å². The predicted octanol–water partition coefficient (Wildman–Crippen LogP) is 2.42. The van der Waals surface area contributed by atoms with Crippen LogP contribution < -0.4 is 11.1 Å². The molecule has 3 N–H and O–H groups in total. The van der Waals surface area contributed by atoms with Gasteiger partial charge in [-0.25, -0.2) is 0 Å². The van der Waals surface area contributed by atoms with E-state index < -0.39 is 5.91 Å². The maximum atomic E-state index is 12.4. The van der Waals surface area contributed by atoms with Gasteiger partial charge in [0.1, 0.15) is 6.04 Å². The van der Waals surface area contributed by atoms with E-state index in [0.29, 0.717) is 11.3 Å². The summed E-state index contributed by atoms with van der Waals surface area (Å²) in [5.41, 5.74) is 6.24. The van der Waals surface area contributed by atoms with Crippen LogP contribution >= 0.6 is 0 Å². The number of nitrogens with two attached hydrogens (primary N) is 1. The lowest BCUT2D eigenvalue weighted by Gasteiger charge is -2.22. The Balaban J connectivity index is 2.14. The Morgan fingerprint density at radius 1 is 1.10 bits per heavy atom. The fraction of sp³-hybridized carbons (Fsp3) is 0.250. The molecule has 110 valence electrons. The van der Waals surface area contributed by atoms with Gasteiger partial charge in [-0.1, -0.05) is 13.8 Å². The Morgan fingerprint density at radius 2 is 1.67 bits per heavy atom. The number of carbonyl (C=O) groups is 2. The molecule has 0 saturated heterocycles. The Bertz CT molecular complexity index is 615. The molecule has 0 saturated carbocycles. The van der Waals surface area contributed by atoms with Gasteiger partial charge in [-0.05, 0) is 42.3 Å². The summed E-state index contributed by atoms with van der Waals surface area (Å²) in [5, 5.41) is 2.87. The molecular formula is C16H19N3O2. The van der Waals surface area contributed by atoms with Crippen molar-refractivity contribution in [2.75, 3.05) is 5.32 Å². The third kappa shape index (κ3) is 3.51. The van der Waals surface area contributed by atoms with Crippen LogP contribution in [0.4, 0.5) is 5.69 Å². The van der Waals surface area contributed by atoms with Gasteiger partial charge in [0.2, 0.25) is 11.8 Å². The van der Waals surface area contributed by atoms with Gasteiger partial charge in [0.05, 0.1) is 0 Å². The Hall–Kier alpha value is -2.56. The maximum Gasteiger partial charge on any atom is 0.248 e. The SMILES string of the molecule is CC(C)C(C(=O)Nc1ccc(C(N)=O)cc1)n1cccc1. The molecule has 5 nitrogen and oxygen atoms in total. The highest BCUT2D eigenvalue weighted by Crippen LogP contribution is 2.20. The molecule has 0 aliphatic carbocycles. The molecule has 0 aliphatic heterocycles. The van der Waals surface area contributed by atoms with Crippen LogP contribution in [-0.2, 0) is 4.79 Å². The van der Waals surface area contributed by atoms with E-state index in [4.69, 9.17) is 5.73 Å². The Kier molecular flexibility index (Phi) is 4.42. The van der Waals surface area contributed by atoms with Crippen LogP contribution in [-0.4, -0.2) is 16.4 Å². The average Bonchev–Trinajstić information content (AvgIpc) is 2.92. The van der Waals surface area contributed by atoms with E-state index in [-0.39, 0.29) is 17.9 Å². The summed E-state index contributed by atoms with van der Waals surface area (Å²) < 4.78 is 1.89. The minimum Gasteiger partial charge on any atom is -0.366 e. The highest BCUT2D eigenvalue weighted by Gasteiger charge is 2.23. The van der Waals surface area contributed by atoms with Crippen molar-refractivity contribution in [1.82, 2.24) is 4.57 Å². The average molecular weight is 285 g/mol. The lowest BCUT2D eigenvalue weighted by atomic mass is 10.0. The van der Waals surface area contributed by atoms with Crippen molar-refractivity contribution in [2.24, 2.45) is 11.7 Å². The van der Waals surface area contributed by atoms with Gasteiger partial charge in [0.25, 0.3) is 0 Å². The number of primary amides is 1. The second kappa shape index (κ2) is 6.26. The normalized spacial score (nSPS) is 12.1. The van der Waals surface area contributed by atoms with Crippen LogP contribution in [0.15, 0.2) is 48.8 Å². The van der Waals surface area contributed by atoms with E-state index in [1.807, 2.05) is 42.9 Å². The van der Waals surface area contributed by atoms with E-state index in [1.165, 1.54) is 0 Å². The molecule has 21 heavy (non-hydrogen) atoms. The number of hydrogen-bond acceptors (Lipinski definition) is 2. The van der Waals surface area contributed by atoms with Gasteiger partial charge in [-0.15, -0.1) is 0 Å². The van der Waals surface area contributed by atoms with E-state index in [0.717, 1.165) is 0 Å². The standard InChI is InChI=1S/C16H19N3O2/c1-11(2)14(19-9-3-4-10-19)16(21)18-13-7-5-12(6-8-13)15(17)20/h3-11,14H,1-2H3,(H2,17,20)(H,18,21). The van der Waals surface area contributed by atoms with Crippen LogP contribution in [0, 0.1) is 5.92 Å². The fourth-order valence-corrected chi connectivity index (χ4v) is 2.25. The smallest absolute Gasteiger partial charge is 0.248 e. The zero-order valence-electron chi connectivity index (χ0n) is 12.1. The number of nitrogens with one attached hydrogen (secondary N) is 1. The summed E-state index contributed by atoms with van der Waals surface area (Å²) in [6.45, 7) is 4.00. The summed E-state index contributed by atoms with van der Waals surface area (Å²) >= 11 is 0. The van der Waals surface area contributed by atoms with Gasteiger partial charge in [-0.2, -0.15) is 0 Å². The molecule has 2 rings (SSSR count). The second-order valence-corrected chi connectivity index (χ2v) is 5.25. The van der Waals surface area contributed by atoms with Crippen molar-refractivity contribution in [3.63, 3.8) is 0 Å². The number of carbonyl (C=O) groups excluding carboxylic acids is 2. The first kappa shape index (κ1) is 14.8. The molecule has 1 aromatic heterocycles. The van der Waals surface area contributed by atoms with Gasteiger partial charge < -0.3 is 15.6 Å². The summed E-state index contributed by atoms with van der Waals surface area (Å²) in [5.74, 6) is -0.421. The highest BCUT2D eigenvalue weighted by atomic mass is 16.2. The van der Waals surface area contributed by atoms with Crippen LogP contribution in [0.1, 0.15) is 30.2 Å². The van der Waals surface area contributed by atoms with E-state index >= 15 is 0 Å². The number of amides is 2. The summed E-state index contributed by atoms with van der Waals surface area (Å²) in [4.78, 5) is 23.5. The van der Waals surface area contributed by atoms with Crippen LogP contribution in [0.5, 0.6) is 0 Å². The molecule has 5 heteroatoms. The lowest BCUT2D eigenvalue weighted by Crippen LogP contribution is -2.29. The van der Waals surface area contributed by atoms with Crippen molar-refractivity contribution in [3.05, 3.63) is 54.4 Å². The van der Waals surface area contributed by atoms with Crippen molar-refractivity contribution in [2.45, 2.75) is 19.9 Å². The van der Waals surface area contributed by atoms with E-state index in [1.54, 1.807) is 24.3 Å². The number of hydrogen-bond donors (Lipinski definition) is 2. The quantitative estimate of drug-likeness (QED) is 0.885. The molecule has 2 amide bonds. The molecule has 1 unspecified atom stereocenters. The van der Waals surface area contributed by atoms with Crippen molar-refractivity contribution < 1.29 is 9.59 Å². The number of anilines is 1. The molecule has 0 radical (unpaired) electrons. The number of aromatic nitrogens is 1. The predicted molar refractivity (Wildman–Crippen MR) is 81.9 cm³/mol. The number of benzene rings is 1. The Morgan fingerprint density at radius 3 is 2.14 bits per heavy atom. The molecular weight excluding hydrogens is 266 g/mol. The largest absolute Gasteiger partial charge is 0.366 e. The van der Waals surface area contributed by atoms with Gasteiger partial charge >= 0.3 is 0 Å². The van der Waals surface area contributed by atoms with E-state index in [9.17, 15) is 9.59 Å². The third-order valence-electron chi connectivity index (χ3n) is 3.29. The minimum atomic E-state index is -0.486. The molecule has 1 atom stereocenters. The topological polar surface area (TPSA) is 77.1 Å². The zero-order chi connectivity index (χ0) is 15.4. The first-order valence-corrected chi connectivity index (χ1v) is 6.82. The first-order valence-electron chi connectivity index (χ1n) is 6.82. The molecule has 0 spiro atoms. The molecule has 1 aromatic carbocycles. The monoisotopic (exact) mass is 285 g/mol. The van der Waals surface area contributed by atoms with Gasteiger partial charge in [-0.3, -0.25) is 9.59 Å². The number of rotatable bonds is 5. The van der Waals surface area contributed by atoms with Crippen LogP contribution in [0.25, 0.3) is 0 Å². The first-order chi connectivity index (χ1) is 9.99. The van der Waals surface area contributed by atoms with Crippen molar-refractivity contribution in [3.8, 4) is 0 Å². The third-order valence-corrected chi connectivity index (χ3v) is 3.29. The minimum absolute atomic E-state index is 0.0898. The summed E-state index contributed by atoms with van der Waals surface area (Å²) in [6, 6.07) is 10.0. The fourth-order valence-electron chi connectivity index (χ4n) is 2.25. The van der Waals surface area contributed by atoms with Gasteiger partial charge in [0.15, 0.2) is 0 Å². The molecule has 0 fully saturated rings. The molecule has 0 aliphatic rings. The Labute approximate surface area is 123 Å². The van der Waals surface area contributed by atoms with Crippen molar-refractivity contribution in [1.29, 1.82) is 0 Å². The zero-order valence-corrected chi connectivity index (χ0v) is 12.1. The van der Waals surface area contributed by atoms with Crippen LogP contribution in [0.2, 0.25) is 0 Å². The maximum absolute atomic E-state index is 12.4. The van der Waals surface area contributed by atoms with Crippen molar-refractivity contribution >= 4 is 17.5 Å². The van der Waals surface area contributed by atoms with E-state index in [2.05, 4.69) is 5.32 Å². The highest BCUT2D eigenvalue weighted by molar-refractivity contribution is 5.96. The molecule has 0 bridgehead atoms. The summed E-state index contributed by atoms with van der Waals surface area (Å²) in [7, 11) is 0. The van der Waals surface area contributed by atoms with Gasteiger partial charge in [0, 0.05) is 23.6 Å². The second-order valence-electron chi connectivity index (χ2n) is 5.25. The number of nitrogens with zero attached hydrogens (tertiary/aromatic N) is 1. The molecule has 2 aromatic rings. The lowest BCUT2D eigenvalue weighted by molar-refractivity contribution is -0.120. The summed E-state index contributed by atoms with van der Waals surface area (Å²) in [6.07, 6.45) is 3.75. The molecule has 1 heterocycles.